The minimum absolute atomic E-state index is 0.146. The van der Waals surface area contributed by atoms with Crippen LogP contribution in [0, 0.1) is 5.92 Å². The summed E-state index contributed by atoms with van der Waals surface area (Å²) in [4.78, 5) is 23.0. The maximum atomic E-state index is 11.9. The number of carbonyl (C=O) groups excluding carboxylic acids is 1. The molecule has 1 amide bonds. The van der Waals surface area contributed by atoms with Gasteiger partial charge in [-0.3, -0.25) is 4.79 Å². The number of benzene rings is 1. The zero-order chi connectivity index (χ0) is 15.4. The number of carboxylic acid groups (broad SMARTS) is 1. The van der Waals surface area contributed by atoms with Crippen molar-refractivity contribution < 1.29 is 30.0 Å². The first-order chi connectivity index (χ1) is 9.27. The third-order valence-corrected chi connectivity index (χ3v) is 3.10. The predicted octanol–water partition coefficient (Wildman–Crippen LogP) is 1.03. The Bertz CT molecular complexity index is 505. The molecule has 5 N–H and O–H groups in total. The highest BCUT2D eigenvalue weighted by Gasteiger charge is 2.26. The Morgan fingerprint density at radius 1 is 1.20 bits per heavy atom. The molecule has 2 atom stereocenters. The average Bonchev–Trinajstić information content (AvgIpc) is 2.39. The molecule has 0 aliphatic rings. The molecular weight excluding hydrogens is 266 g/mol. The van der Waals surface area contributed by atoms with Gasteiger partial charge in [0.15, 0.2) is 17.2 Å². The molecule has 0 fully saturated rings. The van der Waals surface area contributed by atoms with Crippen molar-refractivity contribution in [1.82, 2.24) is 5.32 Å². The van der Waals surface area contributed by atoms with E-state index in [9.17, 15) is 24.9 Å². The molecule has 0 unspecified atom stereocenters. The van der Waals surface area contributed by atoms with E-state index in [0.29, 0.717) is 6.42 Å². The molecular formula is C13H17NO6. The van der Waals surface area contributed by atoms with Crippen molar-refractivity contribution in [3.05, 3.63) is 17.7 Å². The summed E-state index contributed by atoms with van der Waals surface area (Å²) in [6.45, 7) is 3.48. The lowest BCUT2D eigenvalue weighted by atomic mass is 9.99. The molecule has 7 heteroatoms. The van der Waals surface area contributed by atoms with Gasteiger partial charge in [-0.2, -0.15) is 0 Å². The molecule has 0 bridgehead atoms. The van der Waals surface area contributed by atoms with Crippen molar-refractivity contribution in [3.8, 4) is 17.2 Å². The van der Waals surface area contributed by atoms with Crippen molar-refractivity contribution in [2.24, 2.45) is 5.92 Å². The third kappa shape index (κ3) is 3.31. The van der Waals surface area contributed by atoms with Gasteiger partial charge in [-0.25, -0.2) is 4.79 Å². The quantitative estimate of drug-likeness (QED) is 0.514. The summed E-state index contributed by atoms with van der Waals surface area (Å²) < 4.78 is 0. The molecule has 0 heterocycles. The van der Waals surface area contributed by atoms with E-state index in [1.165, 1.54) is 0 Å². The van der Waals surface area contributed by atoms with Crippen LogP contribution in [-0.2, 0) is 4.79 Å². The summed E-state index contributed by atoms with van der Waals surface area (Å²) >= 11 is 0. The van der Waals surface area contributed by atoms with Crippen molar-refractivity contribution in [3.63, 3.8) is 0 Å². The van der Waals surface area contributed by atoms with E-state index in [1.807, 2.05) is 0 Å². The fourth-order valence-corrected chi connectivity index (χ4v) is 1.64. The molecule has 0 saturated heterocycles. The Hall–Kier alpha value is -2.44. The SMILES string of the molecule is CC[C@H](C)[C@H](NC(=O)c1cc(O)c(O)c(O)c1)C(=O)O. The maximum absolute atomic E-state index is 11.9. The van der Waals surface area contributed by atoms with Crippen LogP contribution < -0.4 is 5.32 Å². The lowest BCUT2D eigenvalue weighted by Gasteiger charge is -2.20. The number of rotatable bonds is 5. The van der Waals surface area contributed by atoms with Gasteiger partial charge in [-0.1, -0.05) is 20.3 Å². The van der Waals surface area contributed by atoms with Crippen LogP contribution in [0.15, 0.2) is 12.1 Å². The van der Waals surface area contributed by atoms with Crippen LogP contribution in [0.1, 0.15) is 30.6 Å². The number of nitrogens with one attached hydrogen (secondary N) is 1. The first kappa shape index (κ1) is 15.6. The highest BCUT2D eigenvalue weighted by molar-refractivity contribution is 5.97. The summed E-state index contributed by atoms with van der Waals surface area (Å²) in [7, 11) is 0. The molecule has 7 nitrogen and oxygen atoms in total. The van der Waals surface area contributed by atoms with Gasteiger partial charge < -0.3 is 25.7 Å². The summed E-state index contributed by atoms with van der Waals surface area (Å²) in [6.07, 6.45) is 0.559. The van der Waals surface area contributed by atoms with Crippen LogP contribution in [0.5, 0.6) is 17.2 Å². The molecule has 0 radical (unpaired) electrons. The predicted molar refractivity (Wildman–Crippen MR) is 69.8 cm³/mol. The van der Waals surface area contributed by atoms with Crippen LogP contribution in [0.25, 0.3) is 0 Å². The summed E-state index contributed by atoms with van der Waals surface area (Å²) in [5.41, 5.74) is -0.146. The van der Waals surface area contributed by atoms with Gasteiger partial charge in [0.1, 0.15) is 6.04 Å². The number of aliphatic carboxylic acids is 1. The van der Waals surface area contributed by atoms with Crippen molar-refractivity contribution in [2.45, 2.75) is 26.3 Å². The van der Waals surface area contributed by atoms with E-state index in [2.05, 4.69) is 5.32 Å². The number of aromatic hydroxyl groups is 3. The second-order valence-electron chi connectivity index (χ2n) is 4.54. The Labute approximate surface area is 115 Å². The Kier molecular flexibility index (Phi) is 4.79. The van der Waals surface area contributed by atoms with Crippen molar-refractivity contribution >= 4 is 11.9 Å². The molecule has 0 saturated carbocycles. The molecule has 1 aromatic carbocycles. The number of phenolic OH excluding ortho intramolecular Hbond substituents is 3. The summed E-state index contributed by atoms with van der Waals surface area (Å²) in [6, 6.07) is 0.811. The molecule has 1 rings (SSSR count). The van der Waals surface area contributed by atoms with Crippen LogP contribution in [0.3, 0.4) is 0 Å². The molecule has 20 heavy (non-hydrogen) atoms. The maximum Gasteiger partial charge on any atom is 0.326 e. The minimum atomic E-state index is -1.17. The summed E-state index contributed by atoms with van der Waals surface area (Å²) in [5, 5.41) is 39.2. The van der Waals surface area contributed by atoms with Gasteiger partial charge in [-0.05, 0) is 18.1 Å². The van der Waals surface area contributed by atoms with Gasteiger partial charge in [0.25, 0.3) is 5.91 Å². The number of phenols is 3. The highest BCUT2D eigenvalue weighted by atomic mass is 16.4. The van der Waals surface area contributed by atoms with Gasteiger partial charge in [0.05, 0.1) is 0 Å². The van der Waals surface area contributed by atoms with Crippen molar-refractivity contribution in [2.75, 3.05) is 0 Å². The second-order valence-corrected chi connectivity index (χ2v) is 4.54. The monoisotopic (exact) mass is 283 g/mol. The Morgan fingerprint density at radius 2 is 1.70 bits per heavy atom. The van der Waals surface area contributed by atoms with Gasteiger partial charge in [-0.15, -0.1) is 0 Å². The zero-order valence-electron chi connectivity index (χ0n) is 11.1. The van der Waals surface area contributed by atoms with Gasteiger partial charge >= 0.3 is 5.97 Å². The van der Waals surface area contributed by atoms with Crippen molar-refractivity contribution in [1.29, 1.82) is 0 Å². The van der Waals surface area contributed by atoms with E-state index >= 15 is 0 Å². The second kappa shape index (κ2) is 6.14. The molecule has 110 valence electrons. The van der Waals surface area contributed by atoms with Gasteiger partial charge in [0.2, 0.25) is 0 Å². The fraction of sp³-hybridized carbons (Fsp3) is 0.385. The first-order valence-corrected chi connectivity index (χ1v) is 6.06. The highest BCUT2D eigenvalue weighted by Crippen LogP contribution is 2.35. The molecule has 1 aromatic rings. The smallest absolute Gasteiger partial charge is 0.326 e. The zero-order valence-corrected chi connectivity index (χ0v) is 11.1. The van der Waals surface area contributed by atoms with Crippen LogP contribution in [0.2, 0.25) is 0 Å². The topological polar surface area (TPSA) is 127 Å². The number of hydrogen-bond acceptors (Lipinski definition) is 5. The fourth-order valence-electron chi connectivity index (χ4n) is 1.64. The number of hydrogen-bond donors (Lipinski definition) is 5. The van der Waals surface area contributed by atoms with E-state index in [4.69, 9.17) is 5.11 Å². The third-order valence-electron chi connectivity index (χ3n) is 3.10. The minimum Gasteiger partial charge on any atom is -0.504 e. The average molecular weight is 283 g/mol. The largest absolute Gasteiger partial charge is 0.504 e. The summed E-state index contributed by atoms with van der Waals surface area (Å²) in [5.74, 6) is -4.27. The Balaban J connectivity index is 2.98. The van der Waals surface area contributed by atoms with Crippen LogP contribution in [0.4, 0.5) is 0 Å². The first-order valence-electron chi connectivity index (χ1n) is 6.06. The number of amides is 1. The van der Waals surface area contributed by atoms with E-state index in [0.717, 1.165) is 12.1 Å². The Morgan fingerprint density at radius 3 is 2.10 bits per heavy atom. The molecule has 0 spiro atoms. The van der Waals surface area contributed by atoms with E-state index in [1.54, 1.807) is 13.8 Å². The lowest BCUT2D eigenvalue weighted by Crippen LogP contribution is -2.45. The van der Waals surface area contributed by atoms with Crippen LogP contribution in [-0.4, -0.2) is 38.3 Å². The van der Waals surface area contributed by atoms with Crippen LogP contribution >= 0.6 is 0 Å². The molecule has 0 aromatic heterocycles. The number of carboxylic acids is 1. The van der Waals surface area contributed by atoms with E-state index in [-0.39, 0.29) is 11.5 Å². The standard InChI is InChI=1S/C13H17NO6/c1-3-6(2)10(13(19)20)14-12(18)7-4-8(15)11(17)9(16)5-7/h4-6,10,15-17H,3H2,1-2H3,(H,14,18)(H,19,20)/t6-,10-/m0/s1. The normalized spacial score (nSPS) is 13.5. The molecule has 0 aliphatic carbocycles. The molecule has 0 aliphatic heterocycles. The van der Waals surface area contributed by atoms with Gasteiger partial charge in [0, 0.05) is 5.56 Å². The van der Waals surface area contributed by atoms with E-state index < -0.39 is 35.2 Å². The lowest BCUT2D eigenvalue weighted by molar-refractivity contribution is -0.140. The number of carbonyl (C=O) groups is 2.